The summed E-state index contributed by atoms with van der Waals surface area (Å²) in [4.78, 5) is 0. The molecule has 2 aliphatic heterocycles. The van der Waals surface area contributed by atoms with Gasteiger partial charge in [0.2, 0.25) is 0 Å². The lowest BCUT2D eigenvalue weighted by Crippen LogP contribution is -2.10. The zero-order chi connectivity index (χ0) is 20.5. The van der Waals surface area contributed by atoms with E-state index in [2.05, 4.69) is 27.1 Å². The molecule has 2 N–H and O–H groups in total. The number of hydrogen-bond acceptors (Lipinski definition) is 4. The minimum absolute atomic E-state index is 0.0394. The van der Waals surface area contributed by atoms with Gasteiger partial charge in [-0.15, -0.1) is 0 Å². The minimum Gasteiger partial charge on any atom is -0.302 e. The van der Waals surface area contributed by atoms with Crippen molar-refractivity contribution in [1.29, 1.82) is 0 Å². The lowest BCUT2D eigenvalue weighted by molar-refractivity contribution is 0.606. The van der Waals surface area contributed by atoms with E-state index in [0.717, 1.165) is 46.5 Å². The first-order chi connectivity index (χ1) is 14.7. The highest BCUT2D eigenvalue weighted by atomic mass is 19.1. The van der Waals surface area contributed by atoms with Crippen molar-refractivity contribution in [2.24, 2.45) is 10.2 Å². The number of nitrogens with zero attached hydrogens (tertiary/aromatic N) is 2. The average Bonchev–Trinajstić information content (AvgIpc) is 3.45. The first-order valence-electron chi connectivity index (χ1n) is 9.91. The summed E-state index contributed by atoms with van der Waals surface area (Å²) < 4.78 is 26.4. The lowest BCUT2D eigenvalue weighted by atomic mass is 9.95. The van der Waals surface area contributed by atoms with E-state index in [0.29, 0.717) is 0 Å². The van der Waals surface area contributed by atoms with E-state index < -0.39 is 0 Å². The van der Waals surface area contributed by atoms with Crippen molar-refractivity contribution in [1.82, 2.24) is 10.9 Å². The summed E-state index contributed by atoms with van der Waals surface area (Å²) in [6.45, 7) is 0. The van der Waals surface area contributed by atoms with Crippen LogP contribution in [0, 0.1) is 11.6 Å². The maximum atomic E-state index is 13.2. The smallest absolute Gasteiger partial charge is 0.123 e. The second kappa shape index (κ2) is 7.71. The molecule has 3 aromatic rings. The maximum absolute atomic E-state index is 13.2. The van der Waals surface area contributed by atoms with E-state index in [4.69, 9.17) is 0 Å². The molecular formula is C24H20F2N4. The van der Waals surface area contributed by atoms with Gasteiger partial charge >= 0.3 is 0 Å². The van der Waals surface area contributed by atoms with Crippen LogP contribution in [-0.4, -0.2) is 11.4 Å². The molecule has 0 amide bonds. The van der Waals surface area contributed by atoms with Crippen LogP contribution in [0.2, 0.25) is 0 Å². The Hall–Kier alpha value is -3.54. The van der Waals surface area contributed by atoms with Crippen LogP contribution < -0.4 is 10.9 Å². The van der Waals surface area contributed by atoms with E-state index in [-0.39, 0.29) is 23.7 Å². The molecule has 0 bridgehead atoms. The Bertz CT molecular complexity index is 1030. The highest BCUT2D eigenvalue weighted by molar-refractivity contribution is 6.06. The van der Waals surface area contributed by atoms with Gasteiger partial charge in [-0.3, -0.25) is 0 Å². The molecule has 0 aliphatic carbocycles. The van der Waals surface area contributed by atoms with Gasteiger partial charge in [-0.05, 0) is 52.6 Å². The van der Waals surface area contributed by atoms with Crippen LogP contribution in [0.25, 0.3) is 0 Å². The van der Waals surface area contributed by atoms with Crippen LogP contribution in [0.3, 0.4) is 0 Å². The first kappa shape index (κ1) is 18.5. The molecule has 2 atom stereocenters. The summed E-state index contributed by atoms with van der Waals surface area (Å²) in [7, 11) is 0. The SMILES string of the molecule is Fc1ccc(C2CC(c3cccc(C4=NNC(c5ccc(F)cc5)C4)c3)=NN2)cc1. The molecule has 30 heavy (non-hydrogen) atoms. The van der Waals surface area contributed by atoms with Gasteiger partial charge in [0.25, 0.3) is 0 Å². The van der Waals surface area contributed by atoms with Gasteiger partial charge in [0.1, 0.15) is 11.6 Å². The number of nitrogens with one attached hydrogen (secondary N) is 2. The van der Waals surface area contributed by atoms with Crippen LogP contribution >= 0.6 is 0 Å². The van der Waals surface area contributed by atoms with E-state index in [9.17, 15) is 8.78 Å². The van der Waals surface area contributed by atoms with Crippen LogP contribution in [0.1, 0.15) is 47.2 Å². The Balaban J connectivity index is 1.29. The molecule has 0 saturated carbocycles. The van der Waals surface area contributed by atoms with Crippen molar-refractivity contribution in [3.8, 4) is 0 Å². The third-order valence-corrected chi connectivity index (χ3v) is 5.58. The fraction of sp³-hybridized carbons (Fsp3) is 0.167. The highest BCUT2D eigenvalue weighted by Crippen LogP contribution is 2.27. The maximum Gasteiger partial charge on any atom is 0.123 e. The van der Waals surface area contributed by atoms with Crippen LogP contribution in [0.4, 0.5) is 8.78 Å². The van der Waals surface area contributed by atoms with Gasteiger partial charge in [0.05, 0.1) is 23.5 Å². The predicted molar refractivity (Wildman–Crippen MR) is 113 cm³/mol. The first-order valence-corrected chi connectivity index (χ1v) is 9.91. The molecule has 5 rings (SSSR count). The number of benzene rings is 3. The van der Waals surface area contributed by atoms with Gasteiger partial charge in [0.15, 0.2) is 0 Å². The standard InChI is InChI=1S/C24H20F2N4/c25-19-8-4-15(5-9-19)21-13-23(29-27-21)17-2-1-3-18(12-17)24-14-22(28-30-24)16-6-10-20(26)11-7-16/h1-12,21-22,27-28H,13-14H2. The molecule has 2 heterocycles. The lowest BCUT2D eigenvalue weighted by Gasteiger charge is -2.10. The zero-order valence-electron chi connectivity index (χ0n) is 16.1. The Morgan fingerprint density at radius 1 is 0.633 bits per heavy atom. The van der Waals surface area contributed by atoms with Gasteiger partial charge < -0.3 is 10.9 Å². The topological polar surface area (TPSA) is 48.8 Å². The molecule has 2 unspecified atom stereocenters. The highest BCUT2D eigenvalue weighted by Gasteiger charge is 2.24. The van der Waals surface area contributed by atoms with Crippen LogP contribution in [-0.2, 0) is 0 Å². The second-order valence-electron chi connectivity index (χ2n) is 7.57. The second-order valence-corrected chi connectivity index (χ2v) is 7.57. The van der Waals surface area contributed by atoms with E-state index in [1.54, 1.807) is 24.3 Å². The molecule has 0 radical (unpaired) electrons. The van der Waals surface area contributed by atoms with Crippen LogP contribution in [0.15, 0.2) is 83.0 Å². The predicted octanol–water partition coefficient (Wildman–Crippen LogP) is 4.84. The summed E-state index contributed by atoms with van der Waals surface area (Å²) in [5, 5.41) is 9.01. The van der Waals surface area contributed by atoms with E-state index in [1.165, 1.54) is 24.3 Å². The number of hydrogen-bond donors (Lipinski definition) is 2. The molecule has 150 valence electrons. The summed E-state index contributed by atoms with van der Waals surface area (Å²) in [5.74, 6) is -0.481. The third-order valence-electron chi connectivity index (χ3n) is 5.58. The van der Waals surface area contributed by atoms with E-state index in [1.807, 2.05) is 18.2 Å². The van der Waals surface area contributed by atoms with Gasteiger partial charge in [-0.1, -0.05) is 42.5 Å². The van der Waals surface area contributed by atoms with E-state index >= 15 is 0 Å². The molecule has 6 heteroatoms. The molecule has 0 spiro atoms. The molecule has 0 aromatic heterocycles. The van der Waals surface area contributed by atoms with Crippen molar-refractivity contribution in [2.45, 2.75) is 24.9 Å². The molecular weight excluding hydrogens is 382 g/mol. The van der Waals surface area contributed by atoms with Gasteiger partial charge in [-0.25, -0.2) is 8.78 Å². The monoisotopic (exact) mass is 402 g/mol. The quantitative estimate of drug-likeness (QED) is 0.656. The summed E-state index contributed by atoms with van der Waals surface area (Å²) in [6.07, 6.45) is 1.47. The Labute approximate surface area is 173 Å². The largest absolute Gasteiger partial charge is 0.302 e. The Morgan fingerprint density at radius 3 is 1.50 bits per heavy atom. The van der Waals surface area contributed by atoms with Crippen molar-refractivity contribution in [3.05, 3.63) is 107 Å². The molecule has 0 saturated heterocycles. The van der Waals surface area contributed by atoms with Crippen LogP contribution in [0.5, 0.6) is 0 Å². The molecule has 2 aliphatic rings. The van der Waals surface area contributed by atoms with Crippen molar-refractivity contribution in [2.75, 3.05) is 0 Å². The summed E-state index contributed by atoms with van der Waals surface area (Å²) >= 11 is 0. The third kappa shape index (κ3) is 3.68. The fourth-order valence-electron chi connectivity index (χ4n) is 3.90. The van der Waals surface area contributed by atoms with Crippen molar-refractivity contribution < 1.29 is 8.78 Å². The number of halogens is 2. The fourth-order valence-corrected chi connectivity index (χ4v) is 3.90. The van der Waals surface area contributed by atoms with Crippen molar-refractivity contribution in [3.63, 3.8) is 0 Å². The normalized spacial score (nSPS) is 20.3. The zero-order valence-corrected chi connectivity index (χ0v) is 16.1. The molecule has 0 fully saturated rings. The number of hydrazone groups is 2. The summed E-state index contributed by atoms with van der Waals surface area (Å²) in [6, 6.07) is 21.3. The molecule has 3 aromatic carbocycles. The minimum atomic E-state index is -0.240. The summed E-state index contributed by atoms with van der Waals surface area (Å²) in [5.41, 5.74) is 12.3. The van der Waals surface area contributed by atoms with Gasteiger partial charge in [0, 0.05) is 12.8 Å². The number of rotatable bonds is 4. The molecule has 4 nitrogen and oxygen atoms in total. The average molecular weight is 402 g/mol. The Kier molecular flexibility index (Phi) is 4.75. The van der Waals surface area contributed by atoms with Gasteiger partial charge in [-0.2, -0.15) is 10.2 Å². The van der Waals surface area contributed by atoms with Crippen molar-refractivity contribution >= 4 is 11.4 Å². The Morgan fingerprint density at radius 2 is 1.07 bits per heavy atom.